The van der Waals surface area contributed by atoms with Crippen LogP contribution in [0.15, 0.2) is 58.4 Å². The number of fused-ring (bicyclic) bond motifs is 1. The lowest BCUT2D eigenvalue weighted by Gasteiger charge is -2.08. The first kappa shape index (κ1) is 17.9. The van der Waals surface area contributed by atoms with E-state index in [0.29, 0.717) is 11.7 Å². The van der Waals surface area contributed by atoms with Gasteiger partial charge in [0.15, 0.2) is 16.6 Å². The highest BCUT2D eigenvalue weighted by Gasteiger charge is 2.32. The van der Waals surface area contributed by atoms with Gasteiger partial charge in [-0.15, -0.1) is 10.2 Å². The Labute approximate surface area is 160 Å². The first-order chi connectivity index (χ1) is 12.9. The molecule has 0 spiro atoms. The van der Waals surface area contributed by atoms with Gasteiger partial charge in [0, 0.05) is 11.8 Å². The summed E-state index contributed by atoms with van der Waals surface area (Å²) in [5, 5.41) is 7.91. The van der Waals surface area contributed by atoms with E-state index in [-0.39, 0.29) is 21.6 Å². The van der Waals surface area contributed by atoms with Gasteiger partial charge in [-0.3, -0.25) is 4.40 Å². The van der Waals surface area contributed by atoms with Crippen LogP contribution in [0.2, 0.25) is 5.02 Å². The molecule has 0 unspecified atom stereocenters. The lowest BCUT2D eigenvalue weighted by atomic mass is 10.2. The van der Waals surface area contributed by atoms with E-state index in [1.165, 1.54) is 4.40 Å². The van der Waals surface area contributed by atoms with Gasteiger partial charge in [-0.25, -0.2) is 4.98 Å². The molecule has 1 aromatic carbocycles. The third-order valence-corrected chi connectivity index (χ3v) is 4.90. The number of alkyl halides is 3. The van der Waals surface area contributed by atoms with Crippen LogP contribution in [0.3, 0.4) is 0 Å². The van der Waals surface area contributed by atoms with E-state index in [1.54, 1.807) is 6.20 Å². The Morgan fingerprint density at radius 1 is 1.15 bits per heavy atom. The van der Waals surface area contributed by atoms with Gasteiger partial charge in [-0.2, -0.15) is 13.2 Å². The SMILES string of the molecule is FC(F)(F)c1cc(Cl)c2nnc(SCc3ncc(-c4ccccc4)o3)n2c1. The molecule has 0 atom stereocenters. The van der Waals surface area contributed by atoms with Gasteiger partial charge < -0.3 is 4.42 Å². The highest BCUT2D eigenvalue weighted by atomic mass is 35.5. The standard InChI is InChI=1S/C17H10ClF3N4OS/c18-12-6-11(17(19,20)21)8-25-15(12)23-24-16(25)27-9-14-22-7-13(26-14)10-4-2-1-3-5-10/h1-8H,9H2. The van der Waals surface area contributed by atoms with Crippen LogP contribution >= 0.6 is 23.4 Å². The molecule has 27 heavy (non-hydrogen) atoms. The molecule has 3 aromatic heterocycles. The van der Waals surface area contributed by atoms with Crippen LogP contribution < -0.4 is 0 Å². The maximum atomic E-state index is 13.0. The van der Waals surface area contributed by atoms with Gasteiger partial charge in [0.25, 0.3) is 0 Å². The summed E-state index contributed by atoms with van der Waals surface area (Å²) in [6.45, 7) is 0. The number of aromatic nitrogens is 4. The molecular weight excluding hydrogens is 401 g/mol. The molecule has 0 saturated carbocycles. The van der Waals surface area contributed by atoms with Crippen molar-refractivity contribution >= 4 is 29.0 Å². The Morgan fingerprint density at radius 3 is 2.67 bits per heavy atom. The minimum absolute atomic E-state index is 0.119. The van der Waals surface area contributed by atoms with Crippen molar-refractivity contribution in [2.75, 3.05) is 0 Å². The quantitative estimate of drug-likeness (QED) is 0.424. The first-order valence-electron chi connectivity index (χ1n) is 7.66. The minimum atomic E-state index is -4.52. The summed E-state index contributed by atoms with van der Waals surface area (Å²) in [5.74, 6) is 1.31. The molecule has 5 nitrogen and oxygen atoms in total. The van der Waals surface area contributed by atoms with Crippen LogP contribution in [0, 0.1) is 0 Å². The number of pyridine rings is 1. The number of thioether (sulfide) groups is 1. The monoisotopic (exact) mass is 410 g/mol. The molecule has 0 aliphatic rings. The largest absolute Gasteiger partial charge is 0.440 e. The van der Waals surface area contributed by atoms with Gasteiger partial charge in [-0.1, -0.05) is 53.7 Å². The fraction of sp³-hybridized carbons (Fsp3) is 0.118. The Bertz CT molecular complexity index is 1090. The molecule has 0 radical (unpaired) electrons. The Hall–Kier alpha value is -2.52. The molecular formula is C17H10ClF3N4OS. The van der Waals surface area contributed by atoms with Gasteiger partial charge in [0.1, 0.15) is 0 Å². The Kier molecular flexibility index (Phi) is 4.56. The van der Waals surface area contributed by atoms with Crippen LogP contribution in [0.5, 0.6) is 0 Å². The number of hydrogen-bond acceptors (Lipinski definition) is 5. The third kappa shape index (κ3) is 3.65. The minimum Gasteiger partial charge on any atom is -0.440 e. The summed E-state index contributed by atoms with van der Waals surface area (Å²) in [7, 11) is 0. The fourth-order valence-electron chi connectivity index (χ4n) is 2.43. The zero-order chi connectivity index (χ0) is 19.0. The lowest BCUT2D eigenvalue weighted by molar-refractivity contribution is -0.137. The fourth-order valence-corrected chi connectivity index (χ4v) is 3.44. The summed E-state index contributed by atoms with van der Waals surface area (Å²) >= 11 is 7.06. The summed E-state index contributed by atoms with van der Waals surface area (Å²) in [4.78, 5) is 4.20. The summed E-state index contributed by atoms with van der Waals surface area (Å²) in [6, 6.07) is 10.3. The molecule has 0 fully saturated rings. The van der Waals surface area contributed by atoms with Crippen LogP contribution in [-0.4, -0.2) is 19.6 Å². The number of oxazole rings is 1. The van der Waals surface area contributed by atoms with Crippen molar-refractivity contribution in [3.8, 4) is 11.3 Å². The van der Waals surface area contributed by atoms with Crippen LogP contribution in [-0.2, 0) is 11.9 Å². The van der Waals surface area contributed by atoms with Crippen LogP contribution in [0.25, 0.3) is 17.0 Å². The molecule has 10 heteroatoms. The molecule has 4 aromatic rings. The van der Waals surface area contributed by atoms with Crippen molar-refractivity contribution in [2.45, 2.75) is 17.1 Å². The number of nitrogens with zero attached hydrogens (tertiary/aromatic N) is 4. The van der Waals surface area contributed by atoms with Crippen molar-refractivity contribution in [1.82, 2.24) is 19.6 Å². The van der Waals surface area contributed by atoms with E-state index < -0.39 is 11.7 Å². The average Bonchev–Trinajstić information content (AvgIpc) is 3.27. The highest BCUT2D eigenvalue weighted by molar-refractivity contribution is 7.98. The topological polar surface area (TPSA) is 56.2 Å². The van der Waals surface area contributed by atoms with Crippen molar-refractivity contribution in [2.24, 2.45) is 0 Å². The third-order valence-electron chi connectivity index (χ3n) is 3.69. The highest BCUT2D eigenvalue weighted by Crippen LogP contribution is 2.33. The van der Waals surface area contributed by atoms with Crippen molar-refractivity contribution in [3.63, 3.8) is 0 Å². The van der Waals surface area contributed by atoms with Gasteiger partial charge in [-0.05, 0) is 6.07 Å². The van der Waals surface area contributed by atoms with Gasteiger partial charge in [0.2, 0.25) is 5.89 Å². The predicted molar refractivity (Wildman–Crippen MR) is 94.5 cm³/mol. The summed E-state index contributed by atoms with van der Waals surface area (Å²) in [6.07, 6.45) is -1.99. The van der Waals surface area contributed by atoms with Gasteiger partial charge in [0.05, 0.1) is 22.5 Å². The maximum Gasteiger partial charge on any atom is 0.417 e. The molecule has 0 aliphatic heterocycles. The van der Waals surface area contributed by atoms with Crippen molar-refractivity contribution < 1.29 is 17.6 Å². The van der Waals surface area contributed by atoms with E-state index in [2.05, 4.69) is 15.2 Å². The average molecular weight is 411 g/mol. The molecule has 0 aliphatic carbocycles. The zero-order valence-corrected chi connectivity index (χ0v) is 15.0. The Morgan fingerprint density at radius 2 is 1.93 bits per heavy atom. The van der Waals surface area contributed by atoms with E-state index >= 15 is 0 Å². The normalized spacial score (nSPS) is 12.0. The van der Waals surface area contributed by atoms with Crippen LogP contribution in [0.1, 0.15) is 11.5 Å². The van der Waals surface area contributed by atoms with E-state index in [4.69, 9.17) is 16.0 Å². The van der Waals surface area contributed by atoms with E-state index in [0.717, 1.165) is 29.6 Å². The number of benzene rings is 1. The molecule has 138 valence electrons. The molecule has 0 N–H and O–H groups in total. The second kappa shape index (κ2) is 6.90. The predicted octanol–water partition coefficient (Wildman–Crippen LogP) is 5.35. The molecule has 0 bridgehead atoms. The second-order valence-corrected chi connectivity index (χ2v) is 6.87. The smallest absolute Gasteiger partial charge is 0.417 e. The molecule has 3 heterocycles. The van der Waals surface area contributed by atoms with Crippen LogP contribution in [0.4, 0.5) is 13.2 Å². The number of rotatable bonds is 4. The molecule has 0 saturated heterocycles. The number of halogens is 4. The first-order valence-corrected chi connectivity index (χ1v) is 9.02. The van der Waals surface area contributed by atoms with E-state index in [9.17, 15) is 13.2 Å². The van der Waals surface area contributed by atoms with E-state index in [1.807, 2.05) is 30.3 Å². The number of hydrogen-bond donors (Lipinski definition) is 0. The van der Waals surface area contributed by atoms with Crippen molar-refractivity contribution in [1.29, 1.82) is 0 Å². The zero-order valence-electron chi connectivity index (χ0n) is 13.4. The lowest BCUT2D eigenvalue weighted by Crippen LogP contribution is -2.07. The van der Waals surface area contributed by atoms with Crippen molar-refractivity contribution in [3.05, 3.63) is 65.3 Å². The molecule has 0 amide bonds. The second-order valence-electron chi connectivity index (χ2n) is 5.52. The summed E-state index contributed by atoms with van der Waals surface area (Å²) in [5.41, 5.74) is 0.171. The maximum absolute atomic E-state index is 13.0. The Balaban J connectivity index is 1.58. The summed E-state index contributed by atoms with van der Waals surface area (Å²) < 4.78 is 45.9. The molecule has 4 rings (SSSR count). The van der Waals surface area contributed by atoms with Gasteiger partial charge >= 0.3 is 6.18 Å².